The predicted octanol–water partition coefficient (Wildman–Crippen LogP) is 1.23. The molecular weight excluding hydrogens is 296 g/mol. The zero-order valence-corrected chi connectivity index (χ0v) is 12.9. The molecule has 1 unspecified atom stereocenters. The summed E-state index contributed by atoms with van der Waals surface area (Å²) in [6.45, 7) is 4.37. The maximum atomic E-state index is 11.6. The van der Waals surface area contributed by atoms with E-state index in [0.29, 0.717) is 0 Å². The number of carboxylic acids is 3. The van der Waals surface area contributed by atoms with Crippen LogP contribution in [0.5, 0.6) is 0 Å². The Balaban J connectivity index is 5.46. The Morgan fingerprint density at radius 2 is 1.55 bits per heavy atom. The molecule has 0 radical (unpaired) electrons. The summed E-state index contributed by atoms with van der Waals surface area (Å²) in [5, 5.41) is 28.1. The van der Waals surface area contributed by atoms with Gasteiger partial charge in [-0.1, -0.05) is 13.8 Å². The molecule has 0 rings (SSSR count). The molecule has 0 heterocycles. The highest BCUT2D eigenvalue weighted by Crippen LogP contribution is 2.38. The van der Waals surface area contributed by atoms with Crippen LogP contribution in [0.3, 0.4) is 0 Å². The van der Waals surface area contributed by atoms with Crippen LogP contribution in [0, 0.1) is 17.3 Å². The van der Waals surface area contributed by atoms with E-state index in [9.17, 15) is 34.5 Å². The minimum atomic E-state index is -2.45. The number of aliphatic carboxylic acids is 3. The predicted molar refractivity (Wildman–Crippen MR) is 74.2 cm³/mol. The van der Waals surface area contributed by atoms with E-state index in [1.54, 1.807) is 13.8 Å². The van der Waals surface area contributed by atoms with E-state index in [2.05, 4.69) is 4.74 Å². The van der Waals surface area contributed by atoms with E-state index in [-0.39, 0.29) is 25.4 Å². The number of hydrogen-bond donors (Lipinski definition) is 3. The number of carbonyl (C=O) groups is 4. The van der Waals surface area contributed by atoms with Crippen LogP contribution in [0.4, 0.5) is 0 Å². The summed E-state index contributed by atoms with van der Waals surface area (Å²) in [6.07, 6.45) is -0.573. The molecule has 0 aromatic rings. The maximum Gasteiger partial charge on any atom is 0.321 e. The number of hydrogen-bond acceptors (Lipinski definition) is 5. The first-order chi connectivity index (χ1) is 10.1. The quantitative estimate of drug-likeness (QED) is 0.310. The minimum absolute atomic E-state index is 0.0555. The molecule has 0 aliphatic rings. The molecule has 0 aromatic carbocycles. The van der Waals surface area contributed by atoms with Crippen LogP contribution in [-0.2, 0) is 23.9 Å². The molecule has 0 bridgehead atoms. The van der Waals surface area contributed by atoms with Gasteiger partial charge in [0, 0.05) is 6.92 Å². The van der Waals surface area contributed by atoms with Gasteiger partial charge in [-0.3, -0.25) is 19.2 Å². The first-order valence-electron chi connectivity index (χ1n) is 6.88. The maximum absolute atomic E-state index is 11.6. The average Bonchev–Trinajstić information content (AvgIpc) is 2.35. The summed E-state index contributed by atoms with van der Waals surface area (Å²) in [4.78, 5) is 45.2. The fraction of sp³-hybridized carbons (Fsp3) is 0.714. The summed E-state index contributed by atoms with van der Waals surface area (Å²) >= 11 is 0. The van der Waals surface area contributed by atoms with Gasteiger partial charge in [-0.2, -0.15) is 0 Å². The van der Waals surface area contributed by atoms with Gasteiger partial charge in [0.25, 0.3) is 0 Å². The summed E-state index contributed by atoms with van der Waals surface area (Å²) in [6, 6.07) is 0. The van der Waals surface area contributed by atoms with E-state index in [1.165, 1.54) is 6.92 Å². The van der Waals surface area contributed by atoms with Crippen molar-refractivity contribution in [3.8, 4) is 0 Å². The van der Waals surface area contributed by atoms with E-state index >= 15 is 0 Å². The van der Waals surface area contributed by atoms with E-state index < -0.39 is 41.6 Å². The molecule has 0 aromatic heterocycles. The van der Waals surface area contributed by atoms with Crippen LogP contribution in [0.15, 0.2) is 0 Å². The summed E-state index contributed by atoms with van der Waals surface area (Å²) in [5.41, 5.74) is -2.45. The van der Waals surface area contributed by atoms with Gasteiger partial charge in [0.15, 0.2) is 5.41 Å². The first-order valence-corrected chi connectivity index (χ1v) is 6.88. The van der Waals surface area contributed by atoms with Gasteiger partial charge in [-0.25, -0.2) is 0 Å². The van der Waals surface area contributed by atoms with Gasteiger partial charge in [0.05, 0.1) is 12.5 Å². The van der Waals surface area contributed by atoms with Crippen molar-refractivity contribution < 1.29 is 39.2 Å². The zero-order chi connectivity index (χ0) is 17.5. The summed E-state index contributed by atoms with van der Waals surface area (Å²) in [7, 11) is 0. The van der Waals surface area contributed by atoms with E-state index in [0.717, 1.165) is 0 Å². The minimum Gasteiger partial charge on any atom is -0.481 e. The van der Waals surface area contributed by atoms with Gasteiger partial charge < -0.3 is 20.1 Å². The molecular formula is C14H22O8. The van der Waals surface area contributed by atoms with Gasteiger partial charge in [0.2, 0.25) is 0 Å². The molecule has 0 aliphatic carbocycles. The second-order valence-electron chi connectivity index (χ2n) is 5.55. The van der Waals surface area contributed by atoms with Crippen LogP contribution in [0.1, 0.15) is 40.0 Å². The Morgan fingerprint density at radius 1 is 1.05 bits per heavy atom. The third-order valence-electron chi connectivity index (χ3n) is 3.38. The fourth-order valence-corrected chi connectivity index (χ4v) is 2.33. The third-order valence-corrected chi connectivity index (χ3v) is 3.38. The zero-order valence-electron chi connectivity index (χ0n) is 12.9. The van der Waals surface area contributed by atoms with Gasteiger partial charge in [-0.05, 0) is 25.2 Å². The van der Waals surface area contributed by atoms with Gasteiger partial charge >= 0.3 is 23.9 Å². The number of ether oxygens (including phenoxy) is 1. The van der Waals surface area contributed by atoms with Crippen molar-refractivity contribution in [2.45, 2.75) is 40.0 Å². The van der Waals surface area contributed by atoms with Gasteiger partial charge in [-0.15, -0.1) is 0 Å². The number of carboxylic acid groups (broad SMARTS) is 3. The van der Waals surface area contributed by atoms with Crippen molar-refractivity contribution in [3.63, 3.8) is 0 Å². The smallest absolute Gasteiger partial charge is 0.321 e. The molecule has 3 N–H and O–H groups in total. The Kier molecular flexibility index (Phi) is 7.55. The lowest BCUT2D eigenvalue weighted by molar-refractivity contribution is -0.178. The van der Waals surface area contributed by atoms with Crippen LogP contribution >= 0.6 is 0 Å². The topological polar surface area (TPSA) is 138 Å². The van der Waals surface area contributed by atoms with Crippen LogP contribution in [0.2, 0.25) is 0 Å². The molecule has 22 heavy (non-hydrogen) atoms. The van der Waals surface area contributed by atoms with Crippen molar-refractivity contribution in [1.29, 1.82) is 0 Å². The summed E-state index contributed by atoms with van der Waals surface area (Å²) in [5.74, 6) is -7.20. The number of rotatable bonds is 10. The average molecular weight is 318 g/mol. The highest BCUT2D eigenvalue weighted by Gasteiger charge is 2.55. The Bertz CT molecular complexity index is 426. The van der Waals surface area contributed by atoms with Crippen molar-refractivity contribution in [2.24, 2.45) is 17.3 Å². The lowest BCUT2D eigenvalue weighted by atomic mass is 9.69. The monoisotopic (exact) mass is 318 g/mol. The highest BCUT2D eigenvalue weighted by atomic mass is 16.5. The Hall–Kier alpha value is -2.12. The number of carbonyl (C=O) groups excluding carboxylic acids is 1. The normalized spacial score (nSPS) is 12.7. The SMILES string of the molecule is CC(=O)OCCCC(C(=O)O)(C(=O)O)C(CC(C)C)C(=O)O. The molecule has 0 fully saturated rings. The Morgan fingerprint density at radius 3 is 1.86 bits per heavy atom. The molecule has 0 spiro atoms. The fourth-order valence-electron chi connectivity index (χ4n) is 2.33. The molecule has 126 valence electrons. The first kappa shape index (κ1) is 19.9. The molecule has 0 saturated heterocycles. The summed E-state index contributed by atoms with van der Waals surface area (Å²) < 4.78 is 4.65. The van der Waals surface area contributed by atoms with Crippen LogP contribution in [0.25, 0.3) is 0 Å². The second kappa shape index (κ2) is 8.35. The number of esters is 1. The second-order valence-corrected chi connectivity index (χ2v) is 5.55. The molecule has 0 amide bonds. The van der Waals surface area contributed by atoms with Crippen LogP contribution in [-0.4, -0.2) is 45.8 Å². The highest BCUT2D eigenvalue weighted by molar-refractivity contribution is 6.02. The van der Waals surface area contributed by atoms with Gasteiger partial charge in [0.1, 0.15) is 0 Å². The molecule has 1 atom stereocenters. The Labute approximate surface area is 128 Å². The molecule has 0 aliphatic heterocycles. The molecule has 8 heteroatoms. The van der Waals surface area contributed by atoms with E-state index in [4.69, 9.17) is 0 Å². The molecule has 8 nitrogen and oxygen atoms in total. The molecule has 0 saturated carbocycles. The van der Waals surface area contributed by atoms with Crippen molar-refractivity contribution in [2.75, 3.05) is 6.61 Å². The van der Waals surface area contributed by atoms with E-state index in [1.807, 2.05) is 0 Å². The lowest BCUT2D eigenvalue weighted by Gasteiger charge is -2.31. The van der Waals surface area contributed by atoms with Crippen LogP contribution < -0.4 is 0 Å². The van der Waals surface area contributed by atoms with Crippen molar-refractivity contribution in [1.82, 2.24) is 0 Å². The largest absolute Gasteiger partial charge is 0.481 e. The van der Waals surface area contributed by atoms with Crippen molar-refractivity contribution in [3.05, 3.63) is 0 Å². The third kappa shape index (κ3) is 5.01. The standard InChI is InChI=1S/C14H22O8/c1-8(2)7-10(11(16)17)14(12(18)19,13(20)21)5-4-6-22-9(3)15/h8,10H,4-7H2,1-3H3,(H,16,17)(H,18,19)(H,20,21). The lowest BCUT2D eigenvalue weighted by Crippen LogP contribution is -2.49. The van der Waals surface area contributed by atoms with Crippen molar-refractivity contribution >= 4 is 23.9 Å².